The van der Waals surface area contributed by atoms with Crippen LogP contribution in [0.25, 0.3) is 0 Å². The lowest BCUT2D eigenvalue weighted by Crippen LogP contribution is -2.55. The minimum atomic E-state index is -1.65. The van der Waals surface area contributed by atoms with Crippen LogP contribution < -0.4 is 5.73 Å². The standard InChI is InChI=1S/C7H11NO4/c1-6(8,4(9)10)7(2-3-7)5(11)12/h2-3,8H2,1H3,(H,9,10)(H,11,12). The molecule has 1 atom stereocenters. The Morgan fingerprint density at radius 3 is 1.92 bits per heavy atom. The molecule has 0 aromatic rings. The third-order valence-electron chi connectivity index (χ3n) is 2.60. The van der Waals surface area contributed by atoms with Crippen molar-refractivity contribution in [2.75, 3.05) is 0 Å². The molecule has 0 aliphatic heterocycles. The highest BCUT2D eigenvalue weighted by molar-refractivity contribution is 5.91. The van der Waals surface area contributed by atoms with Crippen molar-refractivity contribution >= 4 is 11.9 Å². The zero-order valence-electron chi connectivity index (χ0n) is 6.70. The van der Waals surface area contributed by atoms with Gasteiger partial charge in [0.05, 0.1) is 5.41 Å². The summed E-state index contributed by atoms with van der Waals surface area (Å²) in [6.45, 7) is 1.25. The van der Waals surface area contributed by atoms with Gasteiger partial charge in [0.2, 0.25) is 0 Å². The molecule has 0 bridgehead atoms. The smallest absolute Gasteiger partial charge is 0.324 e. The van der Waals surface area contributed by atoms with Crippen LogP contribution >= 0.6 is 0 Å². The first-order valence-corrected chi connectivity index (χ1v) is 3.60. The van der Waals surface area contributed by atoms with Gasteiger partial charge >= 0.3 is 11.9 Å². The fraction of sp³-hybridized carbons (Fsp3) is 0.714. The van der Waals surface area contributed by atoms with Gasteiger partial charge in [-0.05, 0) is 19.8 Å². The van der Waals surface area contributed by atoms with Crippen LogP contribution in [0, 0.1) is 5.41 Å². The minimum absolute atomic E-state index is 0.349. The van der Waals surface area contributed by atoms with E-state index >= 15 is 0 Å². The van der Waals surface area contributed by atoms with Gasteiger partial charge in [0.15, 0.2) is 0 Å². The third kappa shape index (κ3) is 0.896. The number of carbonyl (C=O) groups is 2. The predicted molar refractivity (Wildman–Crippen MR) is 39.5 cm³/mol. The molecule has 1 aliphatic rings. The van der Waals surface area contributed by atoms with E-state index in [9.17, 15) is 9.59 Å². The highest BCUT2D eigenvalue weighted by Gasteiger charge is 2.64. The van der Waals surface area contributed by atoms with Gasteiger partial charge in [0.25, 0.3) is 0 Å². The SMILES string of the molecule is CC(N)(C(=O)O)C1(C(=O)O)CC1. The average Bonchev–Trinajstić information content (AvgIpc) is 2.64. The maximum Gasteiger partial charge on any atom is 0.324 e. The molecule has 1 fully saturated rings. The molecular formula is C7H11NO4. The van der Waals surface area contributed by atoms with Crippen molar-refractivity contribution in [1.82, 2.24) is 0 Å². The molecule has 1 saturated carbocycles. The van der Waals surface area contributed by atoms with Gasteiger partial charge in [0.1, 0.15) is 5.54 Å². The zero-order valence-corrected chi connectivity index (χ0v) is 6.70. The van der Waals surface area contributed by atoms with E-state index in [0.29, 0.717) is 12.8 Å². The van der Waals surface area contributed by atoms with E-state index in [0.717, 1.165) is 0 Å². The van der Waals surface area contributed by atoms with Crippen LogP contribution in [0.3, 0.4) is 0 Å². The Morgan fingerprint density at radius 1 is 1.42 bits per heavy atom. The van der Waals surface area contributed by atoms with Crippen molar-refractivity contribution in [2.24, 2.45) is 11.1 Å². The Hall–Kier alpha value is -1.10. The maximum atomic E-state index is 10.7. The molecule has 0 saturated heterocycles. The van der Waals surface area contributed by atoms with E-state index in [-0.39, 0.29) is 0 Å². The number of hydrogen-bond donors (Lipinski definition) is 3. The second kappa shape index (κ2) is 2.20. The molecule has 5 nitrogen and oxygen atoms in total. The van der Waals surface area contributed by atoms with E-state index in [1.54, 1.807) is 0 Å². The molecule has 0 amide bonds. The molecule has 0 aromatic heterocycles. The monoisotopic (exact) mass is 173 g/mol. The summed E-state index contributed by atoms with van der Waals surface area (Å²) in [6.07, 6.45) is 0.698. The number of rotatable bonds is 3. The van der Waals surface area contributed by atoms with Crippen molar-refractivity contribution in [3.63, 3.8) is 0 Å². The fourth-order valence-corrected chi connectivity index (χ4v) is 1.29. The molecule has 1 unspecified atom stereocenters. The lowest BCUT2D eigenvalue weighted by atomic mass is 9.83. The summed E-state index contributed by atoms with van der Waals surface area (Å²) >= 11 is 0. The van der Waals surface area contributed by atoms with Crippen molar-refractivity contribution in [3.8, 4) is 0 Å². The number of aliphatic carboxylic acids is 2. The molecule has 12 heavy (non-hydrogen) atoms. The van der Waals surface area contributed by atoms with E-state index in [1.807, 2.05) is 0 Å². The molecular weight excluding hydrogens is 162 g/mol. The van der Waals surface area contributed by atoms with Crippen LogP contribution in [0.2, 0.25) is 0 Å². The molecule has 1 rings (SSSR count). The minimum Gasteiger partial charge on any atom is -0.481 e. The van der Waals surface area contributed by atoms with Crippen LogP contribution in [0.4, 0.5) is 0 Å². The summed E-state index contributed by atoms with van der Waals surface area (Å²) in [5.74, 6) is -2.38. The number of hydrogen-bond acceptors (Lipinski definition) is 3. The van der Waals surface area contributed by atoms with Crippen molar-refractivity contribution in [3.05, 3.63) is 0 Å². The van der Waals surface area contributed by atoms with E-state index in [2.05, 4.69) is 0 Å². The highest BCUT2D eigenvalue weighted by Crippen LogP contribution is 2.53. The van der Waals surface area contributed by atoms with Gasteiger partial charge in [-0.3, -0.25) is 9.59 Å². The summed E-state index contributed by atoms with van der Waals surface area (Å²) < 4.78 is 0. The third-order valence-corrected chi connectivity index (χ3v) is 2.60. The highest BCUT2D eigenvalue weighted by atomic mass is 16.4. The van der Waals surface area contributed by atoms with Crippen LogP contribution in [0.5, 0.6) is 0 Å². The molecule has 0 radical (unpaired) electrons. The summed E-state index contributed by atoms with van der Waals surface area (Å²) in [6, 6.07) is 0. The lowest BCUT2D eigenvalue weighted by molar-refractivity contribution is -0.156. The van der Waals surface area contributed by atoms with Gasteiger partial charge in [-0.1, -0.05) is 0 Å². The van der Waals surface area contributed by atoms with Gasteiger partial charge in [-0.2, -0.15) is 0 Å². The average molecular weight is 173 g/mol. The van der Waals surface area contributed by atoms with E-state index in [4.69, 9.17) is 15.9 Å². The summed E-state index contributed by atoms with van der Waals surface area (Å²) in [7, 11) is 0. The Kier molecular flexibility index (Phi) is 1.64. The zero-order chi connectivity index (χ0) is 9.57. The molecule has 5 heteroatoms. The van der Waals surface area contributed by atoms with Crippen LogP contribution in [-0.4, -0.2) is 27.7 Å². The second-order valence-electron chi connectivity index (χ2n) is 3.39. The molecule has 4 N–H and O–H groups in total. The quantitative estimate of drug-likeness (QED) is 0.541. The summed E-state index contributed by atoms with van der Waals surface area (Å²) in [4.78, 5) is 21.3. The topological polar surface area (TPSA) is 101 Å². The van der Waals surface area contributed by atoms with Crippen molar-refractivity contribution < 1.29 is 19.8 Å². The van der Waals surface area contributed by atoms with Gasteiger partial charge in [-0.25, -0.2) is 0 Å². The predicted octanol–water partition coefficient (Wildman–Crippen LogP) is -0.347. The Balaban J connectivity index is 2.96. The summed E-state index contributed by atoms with van der Waals surface area (Å²) in [5.41, 5.74) is 2.53. The number of nitrogens with two attached hydrogens (primary N) is 1. The second-order valence-corrected chi connectivity index (χ2v) is 3.39. The summed E-state index contributed by atoms with van der Waals surface area (Å²) in [5, 5.41) is 17.4. The van der Waals surface area contributed by atoms with E-state index in [1.165, 1.54) is 6.92 Å². The maximum absolute atomic E-state index is 10.7. The van der Waals surface area contributed by atoms with E-state index < -0.39 is 22.9 Å². The van der Waals surface area contributed by atoms with Crippen LogP contribution in [0.15, 0.2) is 0 Å². The molecule has 1 aliphatic carbocycles. The first-order valence-electron chi connectivity index (χ1n) is 3.60. The van der Waals surface area contributed by atoms with Crippen molar-refractivity contribution in [2.45, 2.75) is 25.3 Å². The molecule has 68 valence electrons. The molecule has 0 spiro atoms. The van der Waals surface area contributed by atoms with Gasteiger partial charge < -0.3 is 15.9 Å². The Bertz CT molecular complexity index is 228. The molecule has 0 aromatic carbocycles. The number of carboxylic acids is 2. The largest absolute Gasteiger partial charge is 0.481 e. The fourth-order valence-electron chi connectivity index (χ4n) is 1.29. The van der Waals surface area contributed by atoms with Crippen molar-refractivity contribution in [1.29, 1.82) is 0 Å². The van der Waals surface area contributed by atoms with Gasteiger partial charge in [0, 0.05) is 0 Å². The van der Waals surface area contributed by atoms with Crippen LogP contribution in [-0.2, 0) is 9.59 Å². The van der Waals surface area contributed by atoms with Gasteiger partial charge in [-0.15, -0.1) is 0 Å². The molecule has 0 heterocycles. The van der Waals surface area contributed by atoms with Crippen LogP contribution in [0.1, 0.15) is 19.8 Å². The first kappa shape index (κ1) is 8.99. The first-order chi connectivity index (χ1) is 5.34. The Morgan fingerprint density at radius 2 is 1.83 bits per heavy atom. The lowest BCUT2D eigenvalue weighted by Gasteiger charge is -2.26. The normalized spacial score (nSPS) is 24.2. The Labute approximate surface area is 69.2 Å². The number of carboxylic acid groups (broad SMARTS) is 2.